The predicted molar refractivity (Wildman–Crippen MR) is 44.6 cm³/mol. The van der Waals surface area contributed by atoms with Gasteiger partial charge in [0.15, 0.2) is 0 Å². The van der Waals surface area contributed by atoms with Crippen LogP contribution in [0.3, 0.4) is 0 Å². The lowest BCUT2D eigenvalue weighted by Crippen LogP contribution is -2.36. The van der Waals surface area contributed by atoms with Gasteiger partial charge < -0.3 is 10.4 Å². The van der Waals surface area contributed by atoms with E-state index in [0.717, 1.165) is 0 Å². The van der Waals surface area contributed by atoms with Crippen LogP contribution in [-0.4, -0.2) is 23.1 Å². The van der Waals surface area contributed by atoms with E-state index in [0.29, 0.717) is 5.31 Å². The largest absolute Gasteiger partial charge is 0.481 e. The Morgan fingerprint density at radius 3 is 2.64 bits per heavy atom. The molecule has 0 aliphatic rings. The Balaban J connectivity index is 5.37. The monoisotopic (exact) mass is 165 g/mol. The minimum atomic E-state index is -3.01. The van der Waals surface area contributed by atoms with Crippen LogP contribution in [0.5, 0.6) is 0 Å². The molecule has 0 aliphatic carbocycles. The molecule has 0 heterocycles. The standard InChI is InChI=1S/C8H17NO2/c1-8(2,3)9-6-4-5-7(10)11/h9H,4-6H2,1-3H3,(H,10,11)/i4D2,5D,6D2/hD. The lowest BCUT2D eigenvalue weighted by atomic mass is 10.1. The van der Waals surface area contributed by atoms with E-state index in [1.54, 1.807) is 0 Å². The maximum atomic E-state index is 10.6. The summed E-state index contributed by atoms with van der Waals surface area (Å²) < 4.78 is 44.7. The van der Waals surface area contributed by atoms with Crippen molar-refractivity contribution in [1.82, 2.24) is 5.31 Å². The second-order valence-electron chi connectivity index (χ2n) is 3.02. The van der Waals surface area contributed by atoms with Crippen LogP contribution in [0.1, 0.15) is 40.4 Å². The molecule has 0 aromatic carbocycles. The van der Waals surface area contributed by atoms with Crippen molar-refractivity contribution < 1.29 is 18.2 Å². The van der Waals surface area contributed by atoms with Crippen LogP contribution in [0, 0.1) is 0 Å². The number of carboxylic acid groups (broad SMARTS) is 1. The van der Waals surface area contributed by atoms with Crippen LogP contribution in [-0.2, 0) is 4.79 Å². The van der Waals surface area contributed by atoms with Crippen molar-refractivity contribution in [2.75, 3.05) is 6.50 Å². The fourth-order valence-corrected chi connectivity index (χ4v) is 0.294. The highest BCUT2D eigenvalue weighted by atomic mass is 16.4. The van der Waals surface area contributed by atoms with Crippen molar-refractivity contribution >= 4 is 5.97 Å². The molecule has 0 radical (unpaired) electrons. The molecule has 0 saturated carbocycles. The highest BCUT2D eigenvalue weighted by Crippen LogP contribution is 1.98. The highest BCUT2D eigenvalue weighted by molar-refractivity contribution is 5.66. The van der Waals surface area contributed by atoms with Gasteiger partial charge in [-0.3, -0.25) is 4.79 Å². The van der Waals surface area contributed by atoms with E-state index >= 15 is 0 Å². The number of hydrogen-bond acceptors (Lipinski definition) is 2. The van der Waals surface area contributed by atoms with Crippen LogP contribution in [0.2, 0.25) is 1.41 Å². The summed E-state index contributed by atoms with van der Waals surface area (Å²) in [6.45, 7) is 1.59. The summed E-state index contributed by atoms with van der Waals surface area (Å²) in [5.74, 6) is -1.76. The highest BCUT2D eigenvalue weighted by Gasteiger charge is 2.07. The maximum Gasteiger partial charge on any atom is 0.303 e. The lowest BCUT2D eigenvalue weighted by Gasteiger charge is -2.19. The van der Waals surface area contributed by atoms with Gasteiger partial charge in [0.1, 0.15) is 1.41 Å². The van der Waals surface area contributed by atoms with E-state index < -0.39 is 30.8 Å². The molecular weight excluding hydrogens is 142 g/mol. The SMILES string of the molecule is [2H]C(C(=O)O)C([2H])([2H])C([2H])([2H])N([2H])C(C)(C)C. The van der Waals surface area contributed by atoms with Gasteiger partial charge >= 0.3 is 5.97 Å². The second kappa shape index (κ2) is 4.34. The minimum Gasteiger partial charge on any atom is -0.481 e. The van der Waals surface area contributed by atoms with E-state index in [9.17, 15) is 4.79 Å². The predicted octanol–water partition coefficient (Wildman–Crippen LogP) is 1.24. The number of nitrogens with one attached hydrogen (secondary N) is 1. The van der Waals surface area contributed by atoms with Gasteiger partial charge in [0.25, 0.3) is 0 Å². The Bertz CT molecular complexity index is 301. The zero-order valence-corrected chi connectivity index (χ0v) is 6.88. The quantitative estimate of drug-likeness (QED) is 0.659. The van der Waals surface area contributed by atoms with Gasteiger partial charge in [-0.2, -0.15) is 0 Å². The third-order valence-electron chi connectivity index (χ3n) is 0.652. The molecular formula is C8H17NO2. The summed E-state index contributed by atoms with van der Waals surface area (Å²) in [4.78, 5) is 10.6. The van der Waals surface area contributed by atoms with E-state index in [2.05, 4.69) is 0 Å². The fraction of sp³-hybridized carbons (Fsp3) is 0.875. The molecule has 0 bridgehead atoms. The van der Waals surface area contributed by atoms with Crippen molar-refractivity contribution in [3.05, 3.63) is 0 Å². The molecule has 1 atom stereocenters. The van der Waals surface area contributed by atoms with E-state index in [4.69, 9.17) is 13.4 Å². The molecule has 3 nitrogen and oxygen atoms in total. The van der Waals surface area contributed by atoms with Crippen molar-refractivity contribution in [3.8, 4) is 0 Å². The molecule has 0 aromatic heterocycles. The van der Waals surface area contributed by atoms with Crippen molar-refractivity contribution in [3.63, 3.8) is 0 Å². The molecule has 0 amide bonds. The van der Waals surface area contributed by atoms with Crippen molar-refractivity contribution in [2.45, 2.75) is 39.1 Å². The van der Waals surface area contributed by atoms with E-state index in [-0.39, 0.29) is 0 Å². The molecule has 66 valence electrons. The normalized spacial score (nSPS) is 25.5. The minimum absolute atomic E-state index is 0.352. The zero-order valence-electron chi connectivity index (χ0n) is 12.9. The smallest absolute Gasteiger partial charge is 0.303 e. The zero-order chi connectivity index (χ0) is 14.2. The first-order valence-corrected chi connectivity index (χ1v) is 3.20. The van der Waals surface area contributed by atoms with E-state index in [1.807, 2.05) is 0 Å². The Morgan fingerprint density at radius 1 is 1.73 bits per heavy atom. The molecule has 1 unspecified atom stereocenters. The Hall–Kier alpha value is -0.570. The van der Waals surface area contributed by atoms with Crippen molar-refractivity contribution in [1.29, 1.82) is 0 Å². The molecule has 0 aliphatic heterocycles. The molecule has 0 rings (SSSR count). The van der Waals surface area contributed by atoms with Crippen LogP contribution in [0.4, 0.5) is 0 Å². The number of hydrogen-bond donors (Lipinski definition) is 2. The number of rotatable bonds is 4. The first-order chi connectivity index (χ1) is 7.26. The first-order valence-electron chi connectivity index (χ1n) is 6.23. The average Bonchev–Trinajstić information content (AvgIpc) is 2.13. The summed E-state index contributed by atoms with van der Waals surface area (Å²) in [5.41, 5.74) is -1.02. The van der Waals surface area contributed by atoms with Gasteiger partial charge in [0, 0.05) is 18.8 Å². The Kier molecular flexibility index (Phi) is 1.54. The Labute approximate surface area is 76.3 Å². The third kappa shape index (κ3) is 9.43. The molecule has 0 saturated heterocycles. The average molecular weight is 165 g/mol. The van der Waals surface area contributed by atoms with Gasteiger partial charge in [-0.1, -0.05) is 0 Å². The molecule has 0 fully saturated rings. The summed E-state index contributed by atoms with van der Waals surface area (Å²) in [7, 11) is 0. The molecule has 0 aromatic rings. The molecule has 2 N–H and O–H groups in total. The summed E-state index contributed by atoms with van der Waals surface area (Å²) in [6, 6.07) is 0. The van der Waals surface area contributed by atoms with Crippen molar-refractivity contribution in [2.24, 2.45) is 0 Å². The van der Waals surface area contributed by atoms with Crippen LogP contribution < -0.4 is 5.31 Å². The van der Waals surface area contributed by atoms with Crippen LogP contribution in [0.15, 0.2) is 0 Å². The Morgan fingerprint density at radius 2 is 2.27 bits per heavy atom. The van der Waals surface area contributed by atoms with Gasteiger partial charge in [0.2, 0.25) is 0 Å². The lowest BCUT2D eigenvalue weighted by molar-refractivity contribution is -0.137. The number of carboxylic acids is 1. The second-order valence-corrected chi connectivity index (χ2v) is 3.02. The number of aliphatic carboxylic acids is 1. The molecule has 0 spiro atoms. The van der Waals surface area contributed by atoms with E-state index in [1.165, 1.54) is 20.8 Å². The summed E-state index contributed by atoms with van der Waals surface area (Å²) in [5, 5.41) is 8.94. The van der Waals surface area contributed by atoms with Crippen LogP contribution in [0.25, 0.3) is 0 Å². The summed E-state index contributed by atoms with van der Waals surface area (Å²) >= 11 is 0. The van der Waals surface area contributed by atoms with Gasteiger partial charge in [-0.05, 0) is 33.6 Å². The van der Waals surface area contributed by atoms with Gasteiger partial charge in [-0.25, -0.2) is 0 Å². The maximum absolute atomic E-state index is 10.6. The topological polar surface area (TPSA) is 49.3 Å². The summed E-state index contributed by atoms with van der Waals surface area (Å²) in [6.07, 6.45) is -5.30. The molecule has 11 heavy (non-hydrogen) atoms. The van der Waals surface area contributed by atoms with Crippen LogP contribution >= 0.6 is 0 Å². The van der Waals surface area contributed by atoms with Gasteiger partial charge in [-0.15, -0.1) is 0 Å². The first kappa shape index (κ1) is 3.90. The number of carbonyl (C=O) groups is 1. The fourth-order valence-electron chi connectivity index (χ4n) is 0.294. The van der Waals surface area contributed by atoms with Gasteiger partial charge in [0.05, 0.1) is 0 Å². The third-order valence-corrected chi connectivity index (χ3v) is 0.652. The molecule has 3 heteroatoms.